The number of likely N-dealkylation sites (N-methyl/N-ethyl adjacent to an activating group) is 1. The van der Waals surface area contributed by atoms with E-state index in [1.807, 2.05) is 12.1 Å². The van der Waals surface area contributed by atoms with Gasteiger partial charge in [0, 0.05) is 11.7 Å². The van der Waals surface area contributed by atoms with E-state index in [0.717, 1.165) is 31.4 Å². The Bertz CT molecular complexity index is 514. The maximum atomic E-state index is 12.3. The van der Waals surface area contributed by atoms with Gasteiger partial charge in [0.05, 0.1) is 7.11 Å². The minimum absolute atomic E-state index is 0.0809. The normalized spacial score (nSPS) is 33.1. The molecule has 0 aromatic heterocycles. The summed E-state index contributed by atoms with van der Waals surface area (Å²) in [7, 11) is 3.55. The molecule has 0 saturated carbocycles. The number of nitrogens with zero attached hydrogens (tertiary/aromatic N) is 1. The molecule has 2 bridgehead atoms. The average Bonchev–Trinajstić information content (AvgIpc) is 2.66. The summed E-state index contributed by atoms with van der Waals surface area (Å²) in [6.07, 6.45) is 3.94. The van der Waals surface area contributed by atoms with Gasteiger partial charge in [-0.25, -0.2) is 0 Å². The van der Waals surface area contributed by atoms with Crippen LogP contribution in [-0.2, 0) is 9.53 Å². The van der Waals surface area contributed by atoms with E-state index in [0.29, 0.717) is 12.0 Å². The van der Waals surface area contributed by atoms with E-state index in [2.05, 4.69) is 24.1 Å². The zero-order valence-corrected chi connectivity index (χ0v) is 12.1. The number of carbonyl (C=O) groups is 1. The summed E-state index contributed by atoms with van der Waals surface area (Å²) < 4.78 is 5.08. The van der Waals surface area contributed by atoms with Gasteiger partial charge < -0.3 is 10.5 Å². The van der Waals surface area contributed by atoms with Crippen molar-refractivity contribution >= 4 is 11.7 Å². The SMILES string of the molecule is COC(=O)[C@@]12CC[C@@H](C[C@H](c3ccc(N)cc3)C1)N2C. The lowest BCUT2D eigenvalue weighted by molar-refractivity contribution is -0.156. The van der Waals surface area contributed by atoms with Gasteiger partial charge in [-0.15, -0.1) is 0 Å². The number of ether oxygens (including phenoxy) is 1. The quantitative estimate of drug-likeness (QED) is 0.663. The van der Waals surface area contributed by atoms with Crippen LogP contribution in [0.3, 0.4) is 0 Å². The molecule has 2 fully saturated rings. The van der Waals surface area contributed by atoms with E-state index in [-0.39, 0.29) is 5.97 Å². The maximum Gasteiger partial charge on any atom is 0.326 e. The highest BCUT2D eigenvalue weighted by atomic mass is 16.5. The molecule has 4 heteroatoms. The third-order valence-corrected chi connectivity index (χ3v) is 5.23. The van der Waals surface area contributed by atoms with Crippen LogP contribution in [0.15, 0.2) is 24.3 Å². The molecule has 0 unspecified atom stereocenters. The van der Waals surface area contributed by atoms with E-state index in [4.69, 9.17) is 10.5 Å². The highest BCUT2D eigenvalue weighted by molar-refractivity contribution is 5.81. The van der Waals surface area contributed by atoms with Crippen LogP contribution >= 0.6 is 0 Å². The molecule has 0 radical (unpaired) electrons. The lowest BCUT2D eigenvalue weighted by Crippen LogP contribution is -2.55. The fourth-order valence-electron chi connectivity index (χ4n) is 4.01. The lowest BCUT2D eigenvalue weighted by atomic mass is 9.78. The molecule has 108 valence electrons. The van der Waals surface area contributed by atoms with Gasteiger partial charge in [0.25, 0.3) is 0 Å². The summed E-state index contributed by atoms with van der Waals surface area (Å²) in [5, 5.41) is 0. The topological polar surface area (TPSA) is 55.6 Å². The molecule has 20 heavy (non-hydrogen) atoms. The van der Waals surface area contributed by atoms with E-state index in [1.54, 1.807) is 0 Å². The summed E-state index contributed by atoms with van der Waals surface area (Å²) in [6.45, 7) is 0. The molecular weight excluding hydrogens is 252 g/mol. The second kappa shape index (κ2) is 4.77. The highest BCUT2D eigenvalue weighted by Gasteiger charge is 2.55. The number of nitrogens with two attached hydrogens (primary N) is 1. The molecule has 2 N–H and O–H groups in total. The zero-order valence-electron chi connectivity index (χ0n) is 12.1. The fourth-order valence-corrected chi connectivity index (χ4v) is 4.01. The van der Waals surface area contributed by atoms with Crippen LogP contribution in [0.5, 0.6) is 0 Å². The first-order valence-electron chi connectivity index (χ1n) is 7.23. The minimum Gasteiger partial charge on any atom is -0.468 e. The largest absolute Gasteiger partial charge is 0.468 e. The van der Waals surface area contributed by atoms with E-state index < -0.39 is 5.54 Å². The van der Waals surface area contributed by atoms with Crippen LogP contribution in [0, 0.1) is 0 Å². The molecule has 0 spiro atoms. The number of carbonyl (C=O) groups excluding carboxylic acids is 1. The van der Waals surface area contributed by atoms with Gasteiger partial charge in [-0.1, -0.05) is 12.1 Å². The molecule has 2 saturated heterocycles. The van der Waals surface area contributed by atoms with Gasteiger partial charge >= 0.3 is 5.97 Å². The Morgan fingerprint density at radius 3 is 2.75 bits per heavy atom. The van der Waals surface area contributed by atoms with Gasteiger partial charge in [0.1, 0.15) is 5.54 Å². The molecule has 4 nitrogen and oxygen atoms in total. The molecule has 0 aliphatic carbocycles. The number of methoxy groups -OCH3 is 1. The van der Waals surface area contributed by atoms with Gasteiger partial charge in [-0.3, -0.25) is 9.69 Å². The van der Waals surface area contributed by atoms with Crippen LogP contribution in [0.4, 0.5) is 5.69 Å². The molecule has 0 amide bonds. The minimum atomic E-state index is -0.427. The van der Waals surface area contributed by atoms with Crippen molar-refractivity contribution in [2.24, 2.45) is 0 Å². The number of esters is 1. The maximum absolute atomic E-state index is 12.3. The van der Waals surface area contributed by atoms with E-state index in [9.17, 15) is 4.79 Å². The van der Waals surface area contributed by atoms with Crippen molar-refractivity contribution in [2.45, 2.75) is 43.2 Å². The van der Waals surface area contributed by atoms with Crippen molar-refractivity contribution < 1.29 is 9.53 Å². The van der Waals surface area contributed by atoms with Crippen LogP contribution in [0.25, 0.3) is 0 Å². The Morgan fingerprint density at radius 2 is 2.10 bits per heavy atom. The second-order valence-corrected chi connectivity index (χ2v) is 6.13. The van der Waals surface area contributed by atoms with Gasteiger partial charge in [0.2, 0.25) is 0 Å². The number of hydrogen-bond acceptors (Lipinski definition) is 4. The van der Waals surface area contributed by atoms with Crippen molar-refractivity contribution in [3.8, 4) is 0 Å². The van der Waals surface area contributed by atoms with Crippen molar-refractivity contribution in [1.29, 1.82) is 0 Å². The molecule has 3 atom stereocenters. The molecule has 1 aromatic rings. The van der Waals surface area contributed by atoms with Crippen molar-refractivity contribution in [2.75, 3.05) is 19.9 Å². The third-order valence-electron chi connectivity index (χ3n) is 5.23. The van der Waals surface area contributed by atoms with Crippen molar-refractivity contribution in [1.82, 2.24) is 4.90 Å². The van der Waals surface area contributed by atoms with Crippen molar-refractivity contribution in [3.63, 3.8) is 0 Å². The van der Waals surface area contributed by atoms with Crippen LogP contribution < -0.4 is 5.73 Å². The molecule has 1 aromatic carbocycles. The summed E-state index contributed by atoms with van der Waals surface area (Å²) >= 11 is 0. The lowest BCUT2D eigenvalue weighted by Gasteiger charge is -2.43. The zero-order chi connectivity index (χ0) is 14.3. The average molecular weight is 274 g/mol. The number of nitrogen functional groups attached to an aromatic ring is 1. The molecule has 2 aliphatic rings. The third kappa shape index (κ3) is 1.90. The molecule has 2 heterocycles. The number of benzene rings is 1. The van der Waals surface area contributed by atoms with Crippen LogP contribution in [0.1, 0.15) is 37.2 Å². The standard InChI is InChI=1S/C16H22N2O2/c1-18-14-7-8-16(18,15(19)20-2)10-12(9-14)11-3-5-13(17)6-4-11/h3-6,12,14H,7-10,17H2,1-2H3/t12-,14-,16+/m0/s1. The fraction of sp³-hybridized carbons (Fsp3) is 0.562. The summed E-state index contributed by atoms with van der Waals surface area (Å²) in [6, 6.07) is 8.55. The smallest absolute Gasteiger partial charge is 0.326 e. The van der Waals surface area contributed by atoms with Gasteiger partial charge in [0.15, 0.2) is 0 Å². The number of piperidine rings is 1. The van der Waals surface area contributed by atoms with Crippen LogP contribution in [-0.4, -0.2) is 36.6 Å². The summed E-state index contributed by atoms with van der Waals surface area (Å²) in [5.41, 5.74) is 7.40. The predicted molar refractivity (Wildman–Crippen MR) is 78.4 cm³/mol. The Morgan fingerprint density at radius 1 is 1.40 bits per heavy atom. The molecular formula is C16H22N2O2. The first-order chi connectivity index (χ1) is 9.56. The van der Waals surface area contributed by atoms with Crippen LogP contribution in [0.2, 0.25) is 0 Å². The Hall–Kier alpha value is -1.55. The number of anilines is 1. The Labute approximate surface area is 119 Å². The number of fused-ring (bicyclic) bond motifs is 2. The first-order valence-corrected chi connectivity index (χ1v) is 7.23. The molecule has 2 aliphatic heterocycles. The number of rotatable bonds is 2. The number of hydrogen-bond donors (Lipinski definition) is 1. The van der Waals surface area contributed by atoms with E-state index >= 15 is 0 Å². The van der Waals surface area contributed by atoms with Gasteiger partial charge in [-0.05, 0) is 56.3 Å². The Kier molecular flexibility index (Phi) is 3.21. The first kappa shape index (κ1) is 13.4. The summed E-state index contributed by atoms with van der Waals surface area (Å²) in [4.78, 5) is 14.5. The van der Waals surface area contributed by atoms with Gasteiger partial charge in [-0.2, -0.15) is 0 Å². The Balaban J connectivity index is 1.90. The van der Waals surface area contributed by atoms with Crippen molar-refractivity contribution in [3.05, 3.63) is 29.8 Å². The monoisotopic (exact) mass is 274 g/mol. The molecule has 3 rings (SSSR count). The second-order valence-electron chi connectivity index (χ2n) is 6.13. The summed E-state index contributed by atoms with van der Waals surface area (Å²) in [5.74, 6) is 0.334. The highest BCUT2D eigenvalue weighted by Crippen LogP contribution is 2.49. The predicted octanol–water partition coefficient (Wildman–Crippen LogP) is 2.15. The van der Waals surface area contributed by atoms with E-state index in [1.165, 1.54) is 12.7 Å².